The molecule has 0 aromatic heterocycles. The van der Waals surface area contributed by atoms with Crippen LogP contribution in [0.25, 0.3) is 0 Å². The van der Waals surface area contributed by atoms with Gasteiger partial charge in [0.05, 0.1) is 6.10 Å². The number of thioether (sulfide) groups is 1. The molecule has 0 saturated carbocycles. The summed E-state index contributed by atoms with van der Waals surface area (Å²) in [6, 6.07) is 0. The van der Waals surface area contributed by atoms with Crippen LogP contribution in [0.5, 0.6) is 0 Å². The van der Waals surface area contributed by atoms with E-state index in [-0.39, 0.29) is 17.1 Å². The van der Waals surface area contributed by atoms with Crippen molar-refractivity contribution in [1.82, 2.24) is 0 Å². The number of carbonyl (C=O) groups is 1. The molecule has 1 heterocycles. The predicted molar refractivity (Wildman–Crippen MR) is 153 cm³/mol. The lowest BCUT2D eigenvalue weighted by Gasteiger charge is -2.40. The summed E-state index contributed by atoms with van der Waals surface area (Å²) in [6.07, 6.45) is 24.7. The van der Waals surface area contributed by atoms with Crippen molar-refractivity contribution >= 4 is 26.0 Å². The highest BCUT2D eigenvalue weighted by atomic mass is 32.2. The fourth-order valence-corrected chi connectivity index (χ4v) is 6.30. The summed E-state index contributed by atoms with van der Waals surface area (Å²) in [5.41, 5.74) is 0. The van der Waals surface area contributed by atoms with Crippen LogP contribution in [-0.2, 0) is 14.0 Å². The minimum Gasteiger partial charge on any atom is -0.425 e. The number of carbonyl (C=O) groups excluding carboxylic acids is 1. The SMILES string of the molecule is CCCCCCCCCCCCCCCCC[C@@H](CC1=C(SC)C(=O)O1)O[Si](C)(C)C(C)(C)C. The van der Waals surface area contributed by atoms with Gasteiger partial charge < -0.3 is 9.16 Å². The van der Waals surface area contributed by atoms with Gasteiger partial charge in [-0.05, 0) is 30.8 Å². The molecular weight excluding hydrogens is 456 g/mol. The van der Waals surface area contributed by atoms with E-state index >= 15 is 0 Å². The molecule has 0 unspecified atom stereocenters. The third kappa shape index (κ3) is 12.6. The molecule has 0 N–H and O–H groups in total. The summed E-state index contributed by atoms with van der Waals surface area (Å²) in [7, 11) is -1.85. The van der Waals surface area contributed by atoms with Gasteiger partial charge >= 0.3 is 5.97 Å². The largest absolute Gasteiger partial charge is 0.425 e. The Labute approximate surface area is 217 Å². The van der Waals surface area contributed by atoms with E-state index in [4.69, 9.17) is 9.16 Å². The van der Waals surface area contributed by atoms with Crippen molar-refractivity contribution in [2.24, 2.45) is 0 Å². The Bertz CT molecular complexity index is 595. The molecule has 5 heteroatoms. The Balaban J connectivity index is 2.21. The van der Waals surface area contributed by atoms with E-state index in [1.54, 1.807) is 0 Å². The molecule has 1 aliphatic rings. The van der Waals surface area contributed by atoms with Crippen LogP contribution >= 0.6 is 11.8 Å². The summed E-state index contributed by atoms with van der Waals surface area (Å²) >= 11 is 1.50. The zero-order chi connectivity index (χ0) is 25.5. The zero-order valence-electron chi connectivity index (χ0n) is 23.7. The summed E-state index contributed by atoms with van der Waals surface area (Å²) < 4.78 is 12.1. The summed E-state index contributed by atoms with van der Waals surface area (Å²) in [6.45, 7) is 13.8. The molecule has 0 aliphatic carbocycles. The molecular formula is C29H56O3SSi. The fourth-order valence-electron chi connectivity index (χ4n) is 4.35. The van der Waals surface area contributed by atoms with Crippen LogP contribution < -0.4 is 0 Å². The molecule has 0 amide bonds. The van der Waals surface area contributed by atoms with Crippen molar-refractivity contribution in [3.63, 3.8) is 0 Å². The van der Waals surface area contributed by atoms with E-state index in [0.29, 0.717) is 0 Å². The van der Waals surface area contributed by atoms with Gasteiger partial charge in [0.15, 0.2) is 8.32 Å². The molecule has 0 aromatic rings. The predicted octanol–water partition coefficient (Wildman–Crippen LogP) is 10.2. The molecule has 34 heavy (non-hydrogen) atoms. The Hall–Kier alpha value is -0.263. The van der Waals surface area contributed by atoms with Gasteiger partial charge in [-0.1, -0.05) is 124 Å². The van der Waals surface area contributed by atoms with Crippen molar-refractivity contribution in [1.29, 1.82) is 0 Å². The summed E-state index contributed by atoms with van der Waals surface area (Å²) in [4.78, 5) is 12.5. The van der Waals surface area contributed by atoms with Gasteiger partial charge in [-0.25, -0.2) is 4.79 Å². The monoisotopic (exact) mass is 512 g/mol. The first-order valence-corrected chi connectivity index (χ1v) is 18.4. The minimum absolute atomic E-state index is 0.160. The van der Waals surface area contributed by atoms with E-state index in [1.165, 1.54) is 108 Å². The molecule has 0 saturated heterocycles. The highest BCUT2D eigenvalue weighted by molar-refractivity contribution is 8.03. The van der Waals surface area contributed by atoms with Crippen LogP contribution in [0.2, 0.25) is 18.1 Å². The minimum atomic E-state index is -1.85. The van der Waals surface area contributed by atoms with E-state index in [2.05, 4.69) is 40.8 Å². The third-order valence-electron chi connectivity index (χ3n) is 7.67. The van der Waals surface area contributed by atoms with Gasteiger partial charge in [-0.2, -0.15) is 0 Å². The topological polar surface area (TPSA) is 35.5 Å². The number of esters is 1. The molecule has 1 rings (SSSR count). The molecule has 0 fully saturated rings. The molecule has 1 atom stereocenters. The van der Waals surface area contributed by atoms with Gasteiger partial charge in [0.1, 0.15) is 10.7 Å². The second-order valence-corrected chi connectivity index (χ2v) is 17.4. The Morgan fingerprint density at radius 3 is 1.65 bits per heavy atom. The van der Waals surface area contributed by atoms with Crippen molar-refractivity contribution in [3.05, 3.63) is 10.7 Å². The number of cyclic esters (lactones) is 1. The van der Waals surface area contributed by atoms with Crippen LogP contribution in [0.4, 0.5) is 0 Å². The summed E-state index contributed by atoms with van der Waals surface area (Å²) in [5, 5.41) is 0.188. The lowest BCUT2D eigenvalue weighted by molar-refractivity contribution is -0.139. The second-order valence-electron chi connectivity index (χ2n) is 11.8. The van der Waals surface area contributed by atoms with Gasteiger partial charge in [0.25, 0.3) is 0 Å². The second kappa shape index (κ2) is 17.2. The number of ether oxygens (including phenoxy) is 1. The number of unbranched alkanes of at least 4 members (excludes halogenated alkanes) is 14. The maximum Gasteiger partial charge on any atom is 0.353 e. The van der Waals surface area contributed by atoms with Crippen molar-refractivity contribution in [3.8, 4) is 0 Å². The average Bonchev–Trinajstić information content (AvgIpc) is 2.75. The first-order valence-electron chi connectivity index (χ1n) is 14.3. The molecule has 0 spiro atoms. The first kappa shape index (κ1) is 31.8. The normalized spacial score (nSPS) is 15.4. The molecule has 1 aliphatic heterocycles. The van der Waals surface area contributed by atoms with Crippen LogP contribution in [-0.4, -0.2) is 26.6 Å². The Kier molecular flexibility index (Phi) is 16.1. The highest BCUT2D eigenvalue weighted by Gasteiger charge is 2.40. The Morgan fingerprint density at radius 1 is 0.824 bits per heavy atom. The van der Waals surface area contributed by atoms with E-state index in [1.807, 2.05) is 6.26 Å². The zero-order valence-corrected chi connectivity index (χ0v) is 25.5. The van der Waals surface area contributed by atoms with Crippen LogP contribution in [0.1, 0.15) is 137 Å². The Morgan fingerprint density at radius 2 is 1.26 bits per heavy atom. The summed E-state index contributed by atoms with van der Waals surface area (Å²) in [5.74, 6) is 0.683. The van der Waals surface area contributed by atoms with Crippen LogP contribution in [0.15, 0.2) is 10.7 Å². The maximum absolute atomic E-state index is 11.7. The number of rotatable bonds is 21. The van der Waals surface area contributed by atoms with E-state index in [9.17, 15) is 4.79 Å². The van der Waals surface area contributed by atoms with E-state index < -0.39 is 8.32 Å². The lowest BCUT2D eigenvalue weighted by Crippen LogP contribution is -2.44. The molecule has 200 valence electrons. The fraction of sp³-hybridized carbons (Fsp3) is 0.897. The smallest absolute Gasteiger partial charge is 0.353 e. The van der Waals surface area contributed by atoms with Crippen LogP contribution in [0, 0.1) is 0 Å². The molecule has 0 aromatic carbocycles. The average molecular weight is 513 g/mol. The van der Waals surface area contributed by atoms with Gasteiger partial charge in [-0.15, -0.1) is 11.8 Å². The third-order valence-corrected chi connectivity index (χ3v) is 13.0. The quantitative estimate of drug-likeness (QED) is 0.0870. The highest BCUT2D eigenvalue weighted by Crippen LogP contribution is 2.40. The molecule has 0 radical (unpaired) electrons. The van der Waals surface area contributed by atoms with Gasteiger partial charge in [-0.3, -0.25) is 0 Å². The molecule has 3 nitrogen and oxygen atoms in total. The lowest BCUT2D eigenvalue weighted by atomic mass is 10.0. The number of hydrogen-bond acceptors (Lipinski definition) is 4. The van der Waals surface area contributed by atoms with Gasteiger partial charge in [0.2, 0.25) is 0 Å². The van der Waals surface area contributed by atoms with Crippen molar-refractivity contribution in [2.45, 2.75) is 161 Å². The van der Waals surface area contributed by atoms with E-state index in [0.717, 1.165) is 23.5 Å². The maximum atomic E-state index is 11.7. The van der Waals surface area contributed by atoms with Gasteiger partial charge in [0, 0.05) is 6.42 Å². The van der Waals surface area contributed by atoms with Crippen LogP contribution in [0.3, 0.4) is 0 Å². The number of hydrogen-bond donors (Lipinski definition) is 0. The van der Waals surface area contributed by atoms with Crippen molar-refractivity contribution < 1.29 is 14.0 Å². The molecule has 0 bridgehead atoms. The first-order chi connectivity index (χ1) is 16.1. The standard InChI is InChI=1S/C29H56O3SSi/c1-8-9-10-11-12-13-14-15-16-17-18-19-20-21-22-23-25(32-34(6,7)29(2,3)4)24-26-27(33-5)28(30)31-26/h25H,8-24H2,1-7H3/t25-/m0/s1. The van der Waals surface area contributed by atoms with Crippen molar-refractivity contribution in [2.75, 3.05) is 6.26 Å².